The first-order valence-corrected chi connectivity index (χ1v) is 6.02. The molecular weight excluding hydrogens is 226 g/mol. The number of tetrazole rings is 1. The van der Waals surface area contributed by atoms with Crippen molar-refractivity contribution in [1.29, 1.82) is 5.26 Å². The SMILES string of the molecule is N#CCC1(Cn2nnc(-c3ccccc3)n2)CC1. The van der Waals surface area contributed by atoms with Gasteiger partial charge in [0.2, 0.25) is 5.82 Å². The molecule has 0 aliphatic heterocycles. The van der Waals surface area contributed by atoms with Gasteiger partial charge < -0.3 is 0 Å². The third-order valence-electron chi connectivity index (χ3n) is 3.37. The van der Waals surface area contributed by atoms with Crippen LogP contribution in [-0.2, 0) is 6.54 Å². The van der Waals surface area contributed by atoms with Gasteiger partial charge in [-0.05, 0) is 18.1 Å². The van der Waals surface area contributed by atoms with Gasteiger partial charge in [-0.25, -0.2) is 0 Å². The molecule has 0 bridgehead atoms. The molecule has 0 radical (unpaired) electrons. The maximum absolute atomic E-state index is 8.79. The van der Waals surface area contributed by atoms with E-state index >= 15 is 0 Å². The molecule has 1 saturated carbocycles. The van der Waals surface area contributed by atoms with Crippen LogP contribution in [0.1, 0.15) is 19.3 Å². The van der Waals surface area contributed by atoms with E-state index in [-0.39, 0.29) is 5.41 Å². The second-order valence-corrected chi connectivity index (χ2v) is 4.84. The van der Waals surface area contributed by atoms with Gasteiger partial charge in [0.1, 0.15) is 0 Å². The van der Waals surface area contributed by atoms with Gasteiger partial charge in [-0.2, -0.15) is 10.1 Å². The van der Waals surface area contributed by atoms with E-state index in [4.69, 9.17) is 5.26 Å². The average molecular weight is 239 g/mol. The number of aromatic nitrogens is 4. The van der Waals surface area contributed by atoms with Crippen LogP contribution in [0.2, 0.25) is 0 Å². The van der Waals surface area contributed by atoms with Gasteiger partial charge >= 0.3 is 0 Å². The quantitative estimate of drug-likeness (QED) is 0.818. The Balaban J connectivity index is 1.77. The van der Waals surface area contributed by atoms with Crippen molar-refractivity contribution in [1.82, 2.24) is 20.2 Å². The van der Waals surface area contributed by atoms with E-state index in [1.54, 1.807) is 4.80 Å². The Kier molecular flexibility index (Phi) is 2.56. The fourth-order valence-corrected chi connectivity index (χ4v) is 2.05. The Bertz CT molecular complexity index is 577. The van der Waals surface area contributed by atoms with Crippen LogP contribution in [0.25, 0.3) is 11.4 Å². The summed E-state index contributed by atoms with van der Waals surface area (Å²) in [5.41, 5.74) is 1.07. The second-order valence-electron chi connectivity index (χ2n) is 4.84. The highest BCUT2D eigenvalue weighted by molar-refractivity contribution is 5.52. The fraction of sp³-hybridized carbons (Fsp3) is 0.385. The molecule has 1 aliphatic rings. The molecular formula is C13H13N5. The van der Waals surface area contributed by atoms with Gasteiger partial charge in [-0.3, -0.25) is 0 Å². The van der Waals surface area contributed by atoms with Crippen LogP contribution in [0.4, 0.5) is 0 Å². The Morgan fingerprint density at radius 3 is 2.72 bits per heavy atom. The maximum atomic E-state index is 8.79. The largest absolute Gasteiger partial charge is 0.204 e. The van der Waals surface area contributed by atoms with Crippen molar-refractivity contribution in [2.45, 2.75) is 25.8 Å². The van der Waals surface area contributed by atoms with Crippen molar-refractivity contribution in [3.05, 3.63) is 30.3 Å². The third kappa shape index (κ3) is 2.09. The highest BCUT2D eigenvalue weighted by Gasteiger charge is 2.43. The second kappa shape index (κ2) is 4.22. The number of nitriles is 1. The lowest BCUT2D eigenvalue weighted by molar-refractivity contribution is 0.367. The van der Waals surface area contributed by atoms with Crippen molar-refractivity contribution in [2.75, 3.05) is 0 Å². The third-order valence-corrected chi connectivity index (χ3v) is 3.37. The van der Waals surface area contributed by atoms with Gasteiger partial charge in [-0.1, -0.05) is 30.3 Å². The summed E-state index contributed by atoms with van der Waals surface area (Å²) < 4.78 is 0. The average Bonchev–Trinajstić information content (AvgIpc) is 2.99. The first kappa shape index (κ1) is 10.9. The Morgan fingerprint density at radius 2 is 2.06 bits per heavy atom. The molecule has 5 heteroatoms. The topological polar surface area (TPSA) is 67.4 Å². The van der Waals surface area contributed by atoms with Gasteiger partial charge in [0.25, 0.3) is 0 Å². The summed E-state index contributed by atoms with van der Waals surface area (Å²) in [7, 11) is 0. The predicted octanol–water partition coefficient (Wildman–Crippen LogP) is 2.03. The van der Waals surface area contributed by atoms with Crippen LogP contribution in [0, 0.1) is 16.7 Å². The number of hydrogen-bond acceptors (Lipinski definition) is 4. The summed E-state index contributed by atoms with van der Waals surface area (Å²) >= 11 is 0. The first-order chi connectivity index (χ1) is 8.81. The molecule has 0 unspecified atom stereocenters. The van der Waals surface area contributed by atoms with Gasteiger partial charge in [0, 0.05) is 17.4 Å². The molecule has 1 aromatic heterocycles. The van der Waals surface area contributed by atoms with Gasteiger partial charge in [0.15, 0.2) is 0 Å². The summed E-state index contributed by atoms with van der Waals surface area (Å²) in [4.78, 5) is 1.62. The highest BCUT2D eigenvalue weighted by Crippen LogP contribution is 2.49. The van der Waals surface area contributed by atoms with Crippen LogP contribution >= 0.6 is 0 Å². The Labute approximate surface area is 105 Å². The van der Waals surface area contributed by atoms with E-state index in [0.29, 0.717) is 18.8 Å². The van der Waals surface area contributed by atoms with E-state index in [0.717, 1.165) is 18.4 Å². The smallest absolute Gasteiger partial charge is 0.198 e. The van der Waals surface area contributed by atoms with Crippen molar-refractivity contribution >= 4 is 0 Å². The number of nitrogens with zero attached hydrogens (tertiary/aromatic N) is 5. The predicted molar refractivity (Wildman–Crippen MR) is 65.2 cm³/mol. The molecule has 0 amide bonds. The van der Waals surface area contributed by atoms with Crippen LogP contribution in [0.5, 0.6) is 0 Å². The maximum Gasteiger partial charge on any atom is 0.204 e. The van der Waals surface area contributed by atoms with Gasteiger partial charge in [0.05, 0.1) is 12.6 Å². The zero-order chi connectivity index (χ0) is 12.4. The zero-order valence-electron chi connectivity index (χ0n) is 9.95. The molecule has 2 aromatic rings. The first-order valence-electron chi connectivity index (χ1n) is 6.02. The summed E-state index contributed by atoms with van der Waals surface area (Å²) in [6, 6.07) is 12.0. The molecule has 1 fully saturated rings. The highest BCUT2D eigenvalue weighted by atomic mass is 15.6. The molecule has 1 aromatic carbocycles. The normalized spacial score (nSPS) is 16.2. The molecule has 5 nitrogen and oxygen atoms in total. The van der Waals surface area contributed by atoms with Crippen molar-refractivity contribution in [3.63, 3.8) is 0 Å². The van der Waals surface area contributed by atoms with E-state index in [9.17, 15) is 0 Å². The summed E-state index contributed by atoms with van der Waals surface area (Å²) in [6.45, 7) is 0.695. The minimum Gasteiger partial charge on any atom is -0.198 e. The summed E-state index contributed by atoms with van der Waals surface area (Å²) in [6.07, 6.45) is 2.75. The molecule has 18 heavy (non-hydrogen) atoms. The molecule has 3 rings (SSSR count). The lowest BCUT2D eigenvalue weighted by Crippen LogP contribution is -2.13. The van der Waals surface area contributed by atoms with Crippen LogP contribution in [-0.4, -0.2) is 20.2 Å². The van der Waals surface area contributed by atoms with E-state index < -0.39 is 0 Å². The lowest BCUT2D eigenvalue weighted by Gasteiger charge is -2.07. The number of rotatable bonds is 4. The van der Waals surface area contributed by atoms with Crippen molar-refractivity contribution in [3.8, 4) is 17.5 Å². The molecule has 0 spiro atoms. The number of benzene rings is 1. The van der Waals surface area contributed by atoms with Crippen molar-refractivity contribution in [2.24, 2.45) is 5.41 Å². The molecule has 0 N–H and O–H groups in total. The molecule has 1 aliphatic carbocycles. The minimum atomic E-state index is 0.101. The number of hydrogen-bond donors (Lipinski definition) is 0. The van der Waals surface area contributed by atoms with Crippen LogP contribution < -0.4 is 0 Å². The molecule has 90 valence electrons. The molecule has 0 saturated heterocycles. The zero-order valence-corrected chi connectivity index (χ0v) is 9.95. The molecule has 1 heterocycles. The minimum absolute atomic E-state index is 0.101. The van der Waals surface area contributed by atoms with E-state index in [2.05, 4.69) is 21.5 Å². The van der Waals surface area contributed by atoms with Crippen LogP contribution in [0.15, 0.2) is 30.3 Å². The standard InChI is InChI=1S/C13H13N5/c14-9-8-13(6-7-13)10-18-16-12(15-17-18)11-4-2-1-3-5-11/h1-5H,6-8,10H2. The van der Waals surface area contributed by atoms with E-state index in [1.807, 2.05) is 30.3 Å². The lowest BCUT2D eigenvalue weighted by atomic mass is 10.0. The molecule has 0 atom stereocenters. The summed E-state index contributed by atoms with van der Waals surface area (Å²) in [5.74, 6) is 0.642. The summed E-state index contributed by atoms with van der Waals surface area (Å²) in [5, 5.41) is 21.3. The Hall–Kier alpha value is -2.22. The Morgan fingerprint density at radius 1 is 1.28 bits per heavy atom. The van der Waals surface area contributed by atoms with Crippen LogP contribution in [0.3, 0.4) is 0 Å². The van der Waals surface area contributed by atoms with Gasteiger partial charge in [-0.15, -0.1) is 10.2 Å². The van der Waals surface area contributed by atoms with E-state index in [1.165, 1.54) is 0 Å². The monoisotopic (exact) mass is 239 g/mol. The van der Waals surface area contributed by atoms with Crippen molar-refractivity contribution < 1.29 is 0 Å². The fourth-order valence-electron chi connectivity index (χ4n) is 2.05.